The number of hydrogen-bond donors (Lipinski definition) is 1. The van der Waals surface area contributed by atoms with Crippen molar-refractivity contribution in [3.8, 4) is 0 Å². The SMILES string of the molecule is CCCCC(N)(CN1CCCCC1)c1ccc(Cl)cc1. The lowest BCUT2D eigenvalue weighted by Gasteiger charge is -2.37. The van der Waals surface area contributed by atoms with Gasteiger partial charge in [0, 0.05) is 11.6 Å². The highest BCUT2D eigenvalue weighted by molar-refractivity contribution is 6.30. The average molecular weight is 295 g/mol. The van der Waals surface area contributed by atoms with Crippen molar-refractivity contribution in [3.05, 3.63) is 34.9 Å². The average Bonchev–Trinajstić information content (AvgIpc) is 2.47. The molecule has 1 aromatic carbocycles. The van der Waals surface area contributed by atoms with Gasteiger partial charge in [-0.1, -0.05) is 49.9 Å². The molecule has 1 aliphatic rings. The van der Waals surface area contributed by atoms with Gasteiger partial charge in [-0.05, 0) is 50.0 Å². The van der Waals surface area contributed by atoms with Gasteiger partial charge in [0.1, 0.15) is 0 Å². The van der Waals surface area contributed by atoms with Crippen molar-refractivity contribution >= 4 is 11.6 Å². The van der Waals surface area contributed by atoms with Crippen LogP contribution in [0.1, 0.15) is 51.0 Å². The molecule has 1 aromatic rings. The van der Waals surface area contributed by atoms with E-state index < -0.39 is 0 Å². The highest BCUT2D eigenvalue weighted by atomic mass is 35.5. The first-order valence-corrected chi connectivity index (χ1v) is 8.29. The zero-order valence-electron chi connectivity index (χ0n) is 12.6. The second kappa shape index (κ2) is 7.44. The third-order valence-corrected chi connectivity index (χ3v) is 4.60. The Bertz CT molecular complexity index is 398. The molecular formula is C17H27ClN2. The van der Waals surface area contributed by atoms with Crippen molar-refractivity contribution in [2.24, 2.45) is 5.73 Å². The minimum Gasteiger partial charge on any atom is -0.320 e. The maximum atomic E-state index is 6.80. The van der Waals surface area contributed by atoms with E-state index in [1.54, 1.807) is 0 Å². The lowest BCUT2D eigenvalue weighted by Crippen LogP contribution is -2.49. The van der Waals surface area contributed by atoms with E-state index in [-0.39, 0.29) is 5.54 Å². The number of nitrogens with two attached hydrogens (primary N) is 1. The Labute approximate surface area is 128 Å². The predicted molar refractivity (Wildman–Crippen MR) is 87.1 cm³/mol. The highest BCUT2D eigenvalue weighted by Gasteiger charge is 2.29. The summed E-state index contributed by atoms with van der Waals surface area (Å²) >= 11 is 6.01. The molecule has 112 valence electrons. The maximum Gasteiger partial charge on any atom is 0.0538 e. The van der Waals surface area contributed by atoms with E-state index in [0.717, 1.165) is 18.0 Å². The maximum absolute atomic E-state index is 6.80. The van der Waals surface area contributed by atoms with E-state index in [9.17, 15) is 0 Å². The molecule has 0 spiro atoms. The summed E-state index contributed by atoms with van der Waals surface area (Å²) in [7, 11) is 0. The van der Waals surface area contributed by atoms with E-state index >= 15 is 0 Å². The molecule has 2 rings (SSSR count). The summed E-state index contributed by atoms with van der Waals surface area (Å²) < 4.78 is 0. The molecule has 2 nitrogen and oxygen atoms in total. The molecule has 0 radical (unpaired) electrons. The number of piperidine rings is 1. The molecule has 1 saturated heterocycles. The van der Waals surface area contributed by atoms with Gasteiger partial charge in [-0.2, -0.15) is 0 Å². The first kappa shape index (κ1) is 15.8. The second-order valence-corrected chi connectivity index (χ2v) is 6.54. The van der Waals surface area contributed by atoms with Crippen molar-refractivity contribution in [2.75, 3.05) is 19.6 Å². The van der Waals surface area contributed by atoms with Crippen LogP contribution in [-0.4, -0.2) is 24.5 Å². The zero-order chi connectivity index (χ0) is 14.4. The zero-order valence-corrected chi connectivity index (χ0v) is 13.3. The molecule has 3 heteroatoms. The number of likely N-dealkylation sites (tertiary alicyclic amines) is 1. The molecule has 0 amide bonds. The molecule has 1 fully saturated rings. The van der Waals surface area contributed by atoms with Crippen LogP contribution in [0.25, 0.3) is 0 Å². The molecule has 0 saturated carbocycles. The second-order valence-electron chi connectivity index (χ2n) is 6.10. The third-order valence-electron chi connectivity index (χ3n) is 4.35. The minimum absolute atomic E-state index is 0.238. The van der Waals surface area contributed by atoms with Crippen LogP contribution < -0.4 is 5.73 Å². The summed E-state index contributed by atoms with van der Waals surface area (Å²) in [6, 6.07) is 8.12. The number of hydrogen-bond acceptors (Lipinski definition) is 2. The fourth-order valence-electron chi connectivity index (χ4n) is 3.11. The van der Waals surface area contributed by atoms with E-state index in [1.807, 2.05) is 12.1 Å². The smallest absolute Gasteiger partial charge is 0.0538 e. The summed E-state index contributed by atoms with van der Waals surface area (Å²) in [5.41, 5.74) is 7.79. The van der Waals surface area contributed by atoms with E-state index in [2.05, 4.69) is 24.0 Å². The first-order chi connectivity index (χ1) is 9.64. The van der Waals surface area contributed by atoms with Gasteiger partial charge in [0.2, 0.25) is 0 Å². The molecule has 1 aliphatic heterocycles. The normalized spacial score (nSPS) is 19.8. The van der Waals surface area contributed by atoms with Crippen LogP contribution in [0.15, 0.2) is 24.3 Å². The quantitative estimate of drug-likeness (QED) is 0.853. The molecule has 0 aliphatic carbocycles. The van der Waals surface area contributed by atoms with Crippen LogP contribution in [0.4, 0.5) is 0 Å². The topological polar surface area (TPSA) is 29.3 Å². The summed E-state index contributed by atoms with van der Waals surface area (Å²) in [6.07, 6.45) is 7.39. The van der Waals surface area contributed by atoms with Crippen molar-refractivity contribution in [2.45, 2.75) is 51.0 Å². The Morgan fingerprint density at radius 1 is 1.15 bits per heavy atom. The third kappa shape index (κ3) is 4.21. The van der Waals surface area contributed by atoms with Crippen molar-refractivity contribution in [1.29, 1.82) is 0 Å². The van der Waals surface area contributed by atoms with Gasteiger partial charge in [-0.3, -0.25) is 0 Å². The van der Waals surface area contributed by atoms with E-state index in [4.69, 9.17) is 17.3 Å². The number of benzene rings is 1. The van der Waals surface area contributed by atoms with Gasteiger partial charge in [-0.15, -0.1) is 0 Å². The Hall–Kier alpha value is -0.570. The summed E-state index contributed by atoms with van der Waals surface area (Å²) in [6.45, 7) is 5.58. The number of unbranched alkanes of at least 4 members (excludes halogenated alkanes) is 1. The molecule has 1 heterocycles. The molecule has 0 bridgehead atoms. The van der Waals surface area contributed by atoms with Gasteiger partial charge in [0.05, 0.1) is 5.54 Å². The Balaban J connectivity index is 2.12. The summed E-state index contributed by atoms with van der Waals surface area (Å²) in [5, 5.41) is 0.782. The highest BCUT2D eigenvalue weighted by Crippen LogP contribution is 2.28. The van der Waals surface area contributed by atoms with Crippen LogP contribution in [0.3, 0.4) is 0 Å². The van der Waals surface area contributed by atoms with Crippen molar-refractivity contribution in [1.82, 2.24) is 4.90 Å². The molecule has 20 heavy (non-hydrogen) atoms. The standard InChI is InChI=1S/C17H27ClN2/c1-2-3-11-17(19,14-20-12-5-4-6-13-20)15-7-9-16(18)10-8-15/h7-10H,2-6,11-14,19H2,1H3. The van der Waals surface area contributed by atoms with Crippen molar-refractivity contribution < 1.29 is 0 Å². The van der Waals surface area contributed by atoms with Gasteiger partial charge in [0.25, 0.3) is 0 Å². The summed E-state index contributed by atoms with van der Waals surface area (Å²) in [4.78, 5) is 2.54. The van der Waals surface area contributed by atoms with Crippen LogP contribution in [-0.2, 0) is 5.54 Å². The Morgan fingerprint density at radius 3 is 2.40 bits per heavy atom. The van der Waals surface area contributed by atoms with Gasteiger partial charge >= 0.3 is 0 Å². The fraction of sp³-hybridized carbons (Fsp3) is 0.647. The lowest BCUT2D eigenvalue weighted by molar-refractivity contribution is 0.170. The molecule has 0 aromatic heterocycles. The first-order valence-electron chi connectivity index (χ1n) is 7.91. The molecule has 1 unspecified atom stereocenters. The number of rotatable bonds is 6. The number of nitrogens with zero attached hydrogens (tertiary/aromatic N) is 1. The fourth-order valence-corrected chi connectivity index (χ4v) is 3.23. The minimum atomic E-state index is -0.238. The molecule has 2 N–H and O–H groups in total. The summed E-state index contributed by atoms with van der Waals surface area (Å²) in [5.74, 6) is 0. The van der Waals surface area contributed by atoms with Crippen LogP contribution >= 0.6 is 11.6 Å². The monoisotopic (exact) mass is 294 g/mol. The number of halogens is 1. The van der Waals surface area contributed by atoms with Crippen molar-refractivity contribution in [3.63, 3.8) is 0 Å². The Kier molecular flexibility index (Phi) is 5.88. The Morgan fingerprint density at radius 2 is 1.80 bits per heavy atom. The van der Waals surface area contributed by atoms with Crippen LogP contribution in [0.2, 0.25) is 5.02 Å². The van der Waals surface area contributed by atoms with Gasteiger partial charge in [-0.25, -0.2) is 0 Å². The van der Waals surface area contributed by atoms with Gasteiger partial charge in [0.15, 0.2) is 0 Å². The van der Waals surface area contributed by atoms with E-state index in [1.165, 1.54) is 50.8 Å². The molecule has 1 atom stereocenters. The lowest BCUT2D eigenvalue weighted by atomic mass is 9.85. The van der Waals surface area contributed by atoms with Crippen LogP contribution in [0, 0.1) is 0 Å². The van der Waals surface area contributed by atoms with Crippen LogP contribution in [0.5, 0.6) is 0 Å². The predicted octanol–water partition coefficient (Wildman–Crippen LogP) is 4.17. The largest absolute Gasteiger partial charge is 0.320 e. The van der Waals surface area contributed by atoms with Gasteiger partial charge < -0.3 is 10.6 Å². The molecular weight excluding hydrogens is 268 g/mol. The van der Waals surface area contributed by atoms with E-state index in [0.29, 0.717) is 0 Å².